The second kappa shape index (κ2) is 5.53. The molecular formula is C15H21NO2. The zero-order valence-electron chi connectivity index (χ0n) is 10.9. The molecule has 3 nitrogen and oxygen atoms in total. The molecular weight excluding hydrogens is 226 g/mol. The predicted octanol–water partition coefficient (Wildman–Crippen LogP) is 2.47. The van der Waals surface area contributed by atoms with Crippen LogP contribution >= 0.6 is 0 Å². The average molecular weight is 247 g/mol. The number of rotatable bonds is 4. The first-order valence-electron chi connectivity index (χ1n) is 6.69. The maximum absolute atomic E-state index is 10.6. The van der Waals surface area contributed by atoms with Gasteiger partial charge in [0.2, 0.25) is 0 Å². The lowest BCUT2D eigenvalue weighted by Crippen LogP contribution is -2.30. The number of aryl methyl sites for hydroxylation is 1. The molecule has 0 saturated heterocycles. The van der Waals surface area contributed by atoms with Crippen molar-refractivity contribution in [2.24, 2.45) is 5.73 Å². The van der Waals surface area contributed by atoms with Gasteiger partial charge in [-0.05, 0) is 48.3 Å². The molecule has 0 spiro atoms. The quantitative estimate of drug-likeness (QED) is 0.859. The van der Waals surface area contributed by atoms with Crippen LogP contribution in [0.4, 0.5) is 0 Å². The first-order valence-corrected chi connectivity index (χ1v) is 6.69. The number of carbonyl (C=O) groups is 1. The average Bonchev–Trinajstić information content (AvgIpc) is 2.34. The highest BCUT2D eigenvalue weighted by atomic mass is 16.4. The van der Waals surface area contributed by atoms with Gasteiger partial charge in [-0.15, -0.1) is 0 Å². The Morgan fingerprint density at radius 1 is 1.50 bits per heavy atom. The molecule has 0 amide bonds. The summed E-state index contributed by atoms with van der Waals surface area (Å²) in [6, 6.07) is 6.64. The summed E-state index contributed by atoms with van der Waals surface area (Å²) in [5.74, 6) is -0.173. The van der Waals surface area contributed by atoms with Gasteiger partial charge in [0, 0.05) is 12.5 Å². The monoisotopic (exact) mass is 247 g/mol. The van der Waals surface area contributed by atoms with Gasteiger partial charge in [-0.3, -0.25) is 4.79 Å². The summed E-state index contributed by atoms with van der Waals surface area (Å²) in [6.45, 7) is 2.20. The van der Waals surface area contributed by atoms with Crippen LogP contribution in [0.5, 0.6) is 0 Å². The molecule has 0 bridgehead atoms. The molecule has 0 fully saturated rings. The molecule has 3 heteroatoms. The van der Waals surface area contributed by atoms with E-state index in [1.165, 1.54) is 11.1 Å². The third-order valence-corrected chi connectivity index (χ3v) is 3.84. The second-order valence-corrected chi connectivity index (χ2v) is 5.23. The Morgan fingerprint density at radius 3 is 2.94 bits per heavy atom. The van der Waals surface area contributed by atoms with Crippen molar-refractivity contribution in [1.82, 2.24) is 0 Å². The third-order valence-electron chi connectivity index (χ3n) is 3.84. The van der Waals surface area contributed by atoms with Crippen LogP contribution in [0.15, 0.2) is 18.2 Å². The maximum Gasteiger partial charge on any atom is 0.303 e. The highest BCUT2D eigenvalue weighted by Crippen LogP contribution is 2.33. The van der Waals surface area contributed by atoms with E-state index in [0.29, 0.717) is 12.3 Å². The Labute approximate surface area is 108 Å². The highest BCUT2D eigenvalue weighted by molar-refractivity contribution is 5.67. The summed E-state index contributed by atoms with van der Waals surface area (Å²) in [6.07, 6.45) is 3.91. The van der Waals surface area contributed by atoms with Crippen LogP contribution in [0.25, 0.3) is 0 Å². The van der Waals surface area contributed by atoms with Crippen molar-refractivity contribution < 1.29 is 9.90 Å². The molecule has 0 radical (unpaired) electrons. The van der Waals surface area contributed by atoms with Crippen molar-refractivity contribution in [1.29, 1.82) is 0 Å². The lowest BCUT2D eigenvalue weighted by Gasteiger charge is -2.29. The molecule has 2 atom stereocenters. The van der Waals surface area contributed by atoms with Gasteiger partial charge in [-0.1, -0.05) is 25.1 Å². The standard InChI is InChI=1S/C15H21NO2/c1-2-11-8-13(16)9-12-7-10(3-5-14(11)12)4-6-15(17)18/h3,5,7,11,13H,2,4,6,8-9,16H2,1H3,(H,17,18)/t11?,13-/m0/s1. The minimum absolute atomic E-state index is 0.196. The molecule has 0 aromatic heterocycles. The van der Waals surface area contributed by atoms with E-state index in [2.05, 4.69) is 25.1 Å². The summed E-state index contributed by atoms with van der Waals surface area (Å²) in [4.78, 5) is 10.6. The molecule has 1 aromatic carbocycles. The Morgan fingerprint density at radius 2 is 2.28 bits per heavy atom. The molecule has 1 aromatic rings. The molecule has 18 heavy (non-hydrogen) atoms. The molecule has 0 aliphatic heterocycles. The Kier molecular flexibility index (Phi) is 4.02. The van der Waals surface area contributed by atoms with Gasteiger partial charge >= 0.3 is 5.97 Å². The van der Waals surface area contributed by atoms with Crippen LogP contribution in [-0.2, 0) is 17.6 Å². The van der Waals surface area contributed by atoms with Crippen molar-refractivity contribution in [3.8, 4) is 0 Å². The lowest BCUT2D eigenvalue weighted by molar-refractivity contribution is -0.136. The Hall–Kier alpha value is -1.35. The van der Waals surface area contributed by atoms with Crippen molar-refractivity contribution in [3.05, 3.63) is 34.9 Å². The van der Waals surface area contributed by atoms with E-state index in [1.807, 2.05) is 0 Å². The van der Waals surface area contributed by atoms with E-state index < -0.39 is 5.97 Å². The van der Waals surface area contributed by atoms with Crippen LogP contribution in [-0.4, -0.2) is 17.1 Å². The number of hydrogen-bond donors (Lipinski definition) is 2. The van der Waals surface area contributed by atoms with Gasteiger partial charge in [0.25, 0.3) is 0 Å². The van der Waals surface area contributed by atoms with E-state index in [1.54, 1.807) is 0 Å². The van der Waals surface area contributed by atoms with Crippen molar-refractivity contribution in [3.63, 3.8) is 0 Å². The minimum atomic E-state index is -0.740. The van der Waals surface area contributed by atoms with Gasteiger partial charge in [-0.2, -0.15) is 0 Å². The van der Waals surface area contributed by atoms with Gasteiger partial charge in [0.1, 0.15) is 0 Å². The van der Waals surface area contributed by atoms with Gasteiger partial charge in [-0.25, -0.2) is 0 Å². The van der Waals surface area contributed by atoms with E-state index in [0.717, 1.165) is 24.8 Å². The lowest BCUT2D eigenvalue weighted by atomic mass is 9.78. The fourth-order valence-electron chi connectivity index (χ4n) is 2.89. The van der Waals surface area contributed by atoms with E-state index in [9.17, 15) is 4.79 Å². The van der Waals surface area contributed by atoms with Gasteiger partial charge < -0.3 is 10.8 Å². The van der Waals surface area contributed by atoms with Crippen LogP contribution in [0, 0.1) is 0 Å². The van der Waals surface area contributed by atoms with E-state index >= 15 is 0 Å². The number of aliphatic carboxylic acids is 1. The molecule has 0 saturated carbocycles. The van der Waals surface area contributed by atoms with E-state index in [-0.39, 0.29) is 12.5 Å². The van der Waals surface area contributed by atoms with Crippen molar-refractivity contribution in [2.75, 3.05) is 0 Å². The molecule has 2 rings (SSSR count). The molecule has 1 unspecified atom stereocenters. The summed E-state index contributed by atoms with van der Waals surface area (Å²) < 4.78 is 0. The number of nitrogens with two attached hydrogens (primary N) is 1. The van der Waals surface area contributed by atoms with Crippen LogP contribution in [0.1, 0.15) is 48.8 Å². The Bertz CT molecular complexity index is 442. The second-order valence-electron chi connectivity index (χ2n) is 5.23. The molecule has 98 valence electrons. The largest absolute Gasteiger partial charge is 0.481 e. The number of carboxylic acid groups (broad SMARTS) is 1. The van der Waals surface area contributed by atoms with Crippen LogP contribution < -0.4 is 5.73 Å². The molecule has 1 aliphatic carbocycles. The summed E-state index contributed by atoms with van der Waals surface area (Å²) >= 11 is 0. The van der Waals surface area contributed by atoms with Crippen LogP contribution in [0.3, 0.4) is 0 Å². The zero-order chi connectivity index (χ0) is 13.1. The third kappa shape index (κ3) is 2.91. The van der Waals surface area contributed by atoms with Crippen LogP contribution in [0.2, 0.25) is 0 Å². The summed E-state index contributed by atoms with van der Waals surface area (Å²) in [7, 11) is 0. The highest BCUT2D eigenvalue weighted by Gasteiger charge is 2.23. The number of hydrogen-bond acceptors (Lipinski definition) is 2. The maximum atomic E-state index is 10.6. The van der Waals surface area contributed by atoms with Gasteiger partial charge in [0.05, 0.1) is 0 Å². The fraction of sp³-hybridized carbons (Fsp3) is 0.533. The first kappa shape index (κ1) is 13.1. The fourth-order valence-corrected chi connectivity index (χ4v) is 2.89. The topological polar surface area (TPSA) is 63.3 Å². The van der Waals surface area contributed by atoms with Crippen molar-refractivity contribution in [2.45, 2.75) is 51.0 Å². The smallest absolute Gasteiger partial charge is 0.303 e. The summed E-state index contributed by atoms with van der Waals surface area (Å²) in [5.41, 5.74) is 9.94. The zero-order valence-corrected chi connectivity index (χ0v) is 10.9. The molecule has 1 aliphatic rings. The molecule has 3 N–H and O–H groups in total. The van der Waals surface area contributed by atoms with Crippen molar-refractivity contribution >= 4 is 5.97 Å². The Balaban J connectivity index is 2.20. The minimum Gasteiger partial charge on any atom is -0.481 e. The normalized spacial score (nSPS) is 22.6. The first-order chi connectivity index (χ1) is 8.60. The predicted molar refractivity (Wildman–Crippen MR) is 71.7 cm³/mol. The number of carboxylic acids is 1. The summed E-state index contributed by atoms with van der Waals surface area (Å²) in [5, 5.41) is 8.72. The van der Waals surface area contributed by atoms with Gasteiger partial charge in [0.15, 0.2) is 0 Å². The molecule has 0 heterocycles. The van der Waals surface area contributed by atoms with E-state index in [4.69, 9.17) is 10.8 Å². The SMILES string of the molecule is CCC1C[C@H](N)Cc2cc(CCC(=O)O)ccc21. The number of fused-ring (bicyclic) bond motifs is 1. The number of benzene rings is 1.